The van der Waals surface area contributed by atoms with Crippen LogP contribution in [0.4, 0.5) is 0 Å². The quantitative estimate of drug-likeness (QED) is 0.870. The molecule has 2 aromatic rings. The van der Waals surface area contributed by atoms with Gasteiger partial charge in [0.05, 0.1) is 31.0 Å². The zero-order valence-corrected chi connectivity index (χ0v) is 13.3. The minimum absolute atomic E-state index is 0.285. The third-order valence-electron chi connectivity index (χ3n) is 3.81. The molecule has 0 bridgehead atoms. The summed E-state index contributed by atoms with van der Waals surface area (Å²) in [5, 5.41) is 0. The molecule has 1 aliphatic rings. The van der Waals surface area contributed by atoms with Crippen molar-refractivity contribution in [2.45, 2.75) is 26.1 Å². The number of hydrogen-bond donors (Lipinski definition) is 1. The van der Waals surface area contributed by atoms with Gasteiger partial charge < -0.3 is 8.98 Å². The van der Waals surface area contributed by atoms with Crippen molar-refractivity contribution < 1.29 is 12.8 Å². The molecule has 8 heteroatoms. The maximum atomic E-state index is 11.2. The van der Waals surface area contributed by atoms with Crippen molar-refractivity contribution in [3.05, 3.63) is 41.9 Å². The molecule has 0 fully saturated rings. The first-order chi connectivity index (χ1) is 10.5. The molecule has 0 amide bonds. The Morgan fingerprint density at radius 2 is 2.23 bits per heavy atom. The molecule has 1 N–H and O–H groups in total. The van der Waals surface area contributed by atoms with Gasteiger partial charge in [0.1, 0.15) is 5.82 Å². The van der Waals surface area contributed by atoms with Crippen molar-refractivity contribution in [2.24, 2.45) is 0 Å². The van der Waals surface area contributed by atoms with E-state index in [1.165, 1.54) is 11.8 Å². The monoisotopic (exact) mass is 324 g/mol. The number of imidazole rings is 1. The predicted molar refractivity (Wildman–Crippen MR) is 81.6 cm³/mol. The lowest BCUT2D eigenvalue weighted by Crippen LogP contribution is -2.27. The van der Waals surface area contributed by atoms with Gasteiger partial charge in [-0.05, 0) is 6.07 Å². The van der Waals surface area contributed by atoms with E-state index in [0.29, 0.717) is 0 Å². The van der Waals surface area contributed by atoms with Gasteiger partial charge in [0, 0.05) is 44.4 Å². The highest BCUT2D eigenvalue weighted by Crippen LogP contribution is 2.14. The van der Waals surface area contributed by atoms with E-state index in [0.717, 1.165) is 44.1 Å². The summed E-state index contributed by atoms with van der Waals surface area (Å²) in [5.74, 6) is 1.01. The number of fused-ring (bicyclic) bond motifs is 1. The predicted octanol–water partition coefficient (Wildman–Crippen LogP) is 0.584. The number of furan rings is 1. The van der Waals surface area contributed by atoms with Crippen molar-refractivity contribution in [1.82, 2.24) is 19.2 Å². The summed E-state index contributed by atoms with van der Waals surface area (Å²) < 4.78 is 32.2. The van der Waals surface area contributed by atoms with Crippen molar-refractivity contribution in [1.29, 1.82) is 0 Å². The maximum Gasteiger partial charge on any atom is 0.209 e. The second-order valence-electron chi connectivity index (χ2n) is 5.57. The van der Waals surface area contributed by atoms with Gasteiger partial charge in [0.15, 0.2) is 0 Å². The summed E-state index contributed by atoms with van der Waals surface area (Å²) in [6.07, 6.45) is 7.24. The Kier molecular flexibility index (Phi) is 4.32. The molecular formula is C14H20N4O3S. The molecular weight excluding hydrogens is 304 g/mol. The van der Waals surface area contributed by atoms with Crippen LogP contribution in [0.15, 0.2) is 29.2 Å². The summed E-state index contributed by atoms with van der Waals surface area (Å²) in [6, 6.07) is 1.98. The van der Waals surface area contributed by atoms with Crippen LogP contribution in [0.5, 0.6) is 0 Å². The lowest BCUT2D eigenvalue weighted by atomic mass is 10.3. The van der Waals surface area contributed by atoms with Gasteiger partial charge in [0.2, 0.25) is 10.0 Å². The molecule has 0 saturated carbocycles. The number of nitrogens with zero attached hydrogens (tertiary/aromatic N) is 3. The number of hydrogen-bond acceptors (Lipinski definition) is 5. The Labute approximate surface area is 130 Å². The molecule has 3 heterocycles. The number of rotatable bonds is 5. The van der Waals surface area contributed by atoms with Gasteiger partial charge in [-0.15, -0.1) is 0 Å². The Balaban J connectivity index is 1.65. The van der Waals surface area contributed by atoms with E-state index in [9.17, 15) is 8.42 Å². The highest BCUT2D eigenvalue weighted by atomic mass is 32.2. The summed E-state index contributed by atoms with van der Waals surface area (Å²) in [6.45, 7) is 3.79. The number of nitrogens with one attached hydrogen (secondary N) is 1. The fourth-order valence-corrected chi connectivity index (χ4v) is 3.09. The SMILES string of the molecule is CS(=O)(=O)NCc1cnc2n1CCN(Cc1ccoc1)CC2. The second kappa shape index (κ2) is 6.23. The molecule has 0 aromatic carbocycles. The molecule has 1 aliphatic heterocycles. The third kappa shape index (κ3) is 3.76. The maximum absolute atomic E-state index is 11.2. The first-order valence-electron chi connectivity index (χ1n) is 7.22. The molecule has 0 spiro atoms. The van der Waals surface area contributed by atoms with Crippen molar-refractivity contribution in [3.8, 4) is 0 Å². The van der Waals surface area contributed by atoms with E-state index in [2.05, 4.69) is 19.2 Å². The zero-order chi connectivity index (χ0) is 15.6. The molecule has 3 rings (SSSR count). The fourth-order valence-electron chi connectivity index (χ4n) is 2.68. The molecule has 2 aromatic heterocycles. The minimum Gasteiger partial charge on any atom is -0.472 e. The summed E-state index contributed by atoms with van der Waals surface area (Å²) in [4.78, 5) is 6.79. The third-order valence-corrected chi connectivity index (χ3v) is 4.48. The smallest absolute Gasteiger partial charge is 0.209 e. The van der Waals surface area contributed by atoms with Crippen LogP contribution in [0.1, 0.15) is 17.1 Å². The molecule has 0 atom stereocenters. The molecule has 0 unspecified atom stereocenters. The normalized spacial score (nSPS) is 16.4. The molecule has 22 heavy (non-hydrogen) atoms. The highest BCUT2D eigenvalue weighted by molar-refractivity contribution is 7.88. The Hall–Kier alpha value is -1.64. The summed E-state index contributed by atoms with van der Waals surface area (Å²) in [5.41, 5.74) is 2.07. The van der Waals surface area contributed by atoms with Crippen LogP contribution in [0.25, 0.3) is 0 Å². The Morgan fingerprint density at radius 1 is 1.36 bits per heavy atom. The van der Waals surface area contributed by atoms with Crippen LogP contribution in [0, 0.1) is 0 Å². The summed E-state index contributed by atoms with van der Waals surface area (Å²) >= 11 is 0. The van der Waals surface area contributed by atoms with Crippen LogP contribution >= 0.6 is 0 Å². The average molecular weight is 324 g/mol. The minimum atomic E-state index is -3.19. The van der Waals surface area contributed by atoms with Crippen LogP contribution in [-0.4, -0.2) is 42.2 Å². The van der Waals surface area contributed by atoms with Crippen LogP contribution < -0.4 is 4.72 Å². The fraction of sp³-hybridized carbons (Fsp3) is 0.500. The van der Waals surface area contributed by atoms with Gasteiger partial charge in [-0.1, -0.05) is 0 Å². The average Bonchev–Trinajstić information content (AvgIpc) is 3.04. The largest absolute Gasteiger partial charge is 0.472 e. The molecule has 7 nitrogen and oxygen atoms in total. The molecule has 120 valence electrons. The van der Waals surface area contributed by atoms with E-state index in [-0.39, 0.29) is 6.54 Å². The standard InChI is InChI=1S/C14H20N4O3S/c1-22(19,20)16-9-13-8-15-14-2-4-17(5-6-18(13)14)10-12-3-7-21-11-12/h3,7-8,11,16H,2,4-6,9-10H2,1H3. The van der Waals surface area contributed by atoms with E-state index in [1.807, 2.05) is 6.07 Å². The first kappa shape index (κ1) is 15.3. The van der Waals surface area contributed by atoms with E-state index >= 15 is 0 Å². The van der Waals surface area contributed by atoms with Crippen LogP contribution in [0.3, 0.4) is 0 Å². The van der Waals surface area contributed by atoms with Gasteiger partial charge >= 0.3 is 0 Å². The number of sulfonamides is 1. The Morgan fingerprint density at radius 3 is 2.95 bits per heavy atom. The summed E-state index contributed by atoms with van der Waals surface area (Å²) in [7, 11) is -3.19. The van der Waals surface area contributed by atoms with E-state index in [4.69, 9.17) is 4.42 Å². The van der Waals surface area contributed by atoms with Crippen molar-refractivity contribution in [3.63, 3.8) is 0 Å². The Bertz CT molecular complexity index is 721. The highest BCUT2D eigenvalue weighted by Gasteiger charge is 2.18. The number of aromatic nitrogens is 2. The van der Waals surface area contributed by atoms with Gasteiger partial charge in [0.25, 0.3) is 0 Å². The second-order valence-corrected chi connectivity index (χ2v) is 7.40. The molecule has 0 radical (unpaired) electrons. The molecule has 0 aliphatic carbocycles. The van der Waals surface area contributed by atoms with E-state index < -0.39 is 10.0 Å². The van der Waals surface area contributed by atoms with Crippen LogP contribution in [0.2, 0.25) is 0 Å². The van der Waals surface area contributed by atoms with E-state index in [1.54, 1.807) is 18.7 Å². The van der Waals surface area contributed by atoms with Gasteiger partial charge in [-0.3, -0.25) is 4.90 Å². The van der Waals surface area contributed by atoms with Crippen molar-refractivity contribution in [2.75, 3.05) is 19.3 Å². The van der Waals surface area contributed by atoms with Crippen LogP contribution in [-0.2, 0) is 36.1 Å². The zero-order valence-electron chi connectivity index (χ0n) is 12.5. The molecule has 0 saturated heterocycles. The van der Waals surface area contributed by atoms with Gasteiger partial charge in [-0.2, -0.15) is 0 Å². The van der Waals surface area contributed by atoms with Crippen molar-refractivity contribution >= 4 is 10.0 Å². The topological polar surface area (TPSA) is 80.4 Å². The lowest BCUT2D eigenvalue weighted by Gasteiger charge is -2.18. The first-order valence-corrected chi connectivity index (χ1v) is 9.12. The van der Waals surface area contributed by atoms with Gasteiger partial charge in [-0.25, -0.2) is 18.1 Å². The lowest BCUT2D eigenvalue weighted by molar-refractivity contribution is 0.270.